The number of nitrogens with zero attached hydrogens (tertiary/aromatic N) is 1. The zero-order valence-corrected chi connectivity index (χ0v) is 17.3. The van der Waals surface area contributed by atoms with Gasteiger partial charge in [0.05, 0.1) is 6.10 Å². The van der Waals surface area contributed by atoms with Gasteiger partial charge in [-0.25, -0.2) is 0 Å². The van der Waals surface area contributed by atoms with Crippen LogP contribution in [0, 0.1) is 34.5 Å². The average molecular weight is 360 g/mol. The van der Waals surface area contributed by atoms with Crippen LogP contribution in [0.15, 0.2) is 11.6 Å². The van der Waals surface area contributed by atoms with E-state index in [9.17, 15) is 9.90 Å². The molecule has 0 saturated heterocycles. The van der Waals surface area contributed by atoms with Crippen molar-refractivity contribution in [2.45, 2.75) is 77.9 Å². The van der Waals surface area contributed by atoms with Gasteiger partial charge in [-0.3, -0.25) is 4.79 Å². The average Bonchev–Trinajstić information content (AvgIpc) is 2.89. The van der Waals surface area contributed by atoms with Crippen molar-refractivity contribution in [3.05, 3.63) is 11.6 Å². The summed E-state index contributed by atoms with van der Waals surface area (Å²) in [4.78, 5) is 15.0. The zero-order chi connectivity index (χ0) is 18.9. The van der Waals surface area contributed by atoms with Gasteiger partial charge in [0, 0.05) is 12.0 Å². The number of hydrogen-bond donors (Lipinski definition) is 1. The third kappa shape index (κ3) is 2.49. The fraction of sp³-hybridized carbons (Fsp3) is 0.870. The minimum Gasteiger partial charge on any atom is -0.393 e. The molecule has 0 bridgehead atoms. The number of aliphatic hydroxyl groups excluding tert-OH is 1. The minimum atomic E-state index is -0.133. The molecule has 26 heavy (non-hydrogen) atoms. The van der Waals surface area contributed by atoms with Crippen LogP contribution in [0.4, 0.5) is 0 Å². The largest absolute Gasteiger partial charge is 0.393 e. The smallest absolute Gasteiger partial charge is 0.135 e. The molecule has 0 aromatic heterocycles. The number of Topliss-reactive ketones (excluding diaryl/α,β-unsaturated/α-hetero) is 1. The fourth-order valence-electron chi connectivity index (χ4n) is 7.90. The van der Waals surface area contributed by atoms with Gasteiger partial charge in [0.1, 0.15) is 5.78 Å². The van der Waals surface area contributed by atoms with E-state index in [1.165, 1.54) is 24.8 Å². The summed E-state index contributed by atoms with van der Waals surface area (Å²) >= 11 is 0. The molecule has 0 amide bonds. The standard InChI is InChI=1S/C23H37NO2/c1-14(25)21-20(24(4)5)13-19-17-7-6-15-12-16(26)8-10-22(15,2)18(17)9-11-23(19,21)3/h6,16-21,26H,7-13H2,1-5H3/t16-,17+,18-,19-,20+,21-,22-,23-/m0/s1. The number of carbonyl (C=O) groups is 1. The second-order valence-corrected chi connectivity index (χ2v) is 10.6. The van der Waals surface area contributed by atoms with Crippen molar-refractivity contribution in [2.75, 3.05) is 14.1 Å². The van der Waals surface area contributed by atoms with Crippen molar-refractivity contribution in [3.63, 3.8) is 0 Å². The number of carbonyl (C=O) groups excluding carboxylic acids is 1. The Balaban J connectivity index is 1.69. The highest BCUT2D eigenvalue weighted by Gasteiger charge is 2.62. The van der Waals surface area contributed by atoms with E-state index in [0.29, 0.717) is 23.7 Å². The maximum Gasteiger partial charge on any atom is 0.135 e. The third-order valence-electron chi connectivity index (χ3n) is 9.21. The van der Waals surface area contributed by atoms with Gasteiger partial charge in [-0.1, -0.05) is 25.5 Å². The van der Waals surface area contributed by atoms with E-state index >= 15 is 0 Å². The molecule has 0 heterocycles. The lowest BCUT2D eigenvalue weighted by atomic mass is 9.47. The Hall–Kier alpha value is -0.670. The first kappa shape index (κ1) is 18.7. The summed E-state index contributed by atoms with van der Waals surface area (Å²) in [5.74, 6) is 2.69. The van der Waals surface area contributed by atoms with Gasteiger partial charge in [-0.05, 0) is 94.5 Å². The van der Waals surface area contributed by atoms with Gasteiger partial charge in [0.15, 0.2) is 0 Å². The van der Waals surface area contributed by atoms with Gasteiger partial charge in [0.2, 0.25) is 0 Å². The molecule has 3 saturated carbocycles. The molecule has 4 aliphatic carbocycles. The van der Waals surface area contributed by atoms with Crippen LogP contribution >= 0.6 is 0 Å². The summed E-state index contributed by atoms with van der Waals surface area (Å²) in [6.45, 7) is 6.73. The lowest BCUT2D eigenvalue weighted by Gasteiger charge is -2.57. The Kier molecular flexibility index (Phi) is 4.43. The molecule has 3 heteroatoms. The molecule has 0 aromatic carbocycles. The Labute approximate surface area is 159 Å². The van der Waals surface area contributed by atoms with Gasteiger partial charge in [-0.2, -0.15) is 0 Å². The first-order valence-corrected chi connectivity index (χ1v) is 10.7. The predicted octanol–water partition coefficient (Wildman–Crippen LogP) is 4.06. The molecule has 0 aromatic rings. The number of aliphatic hydroxyl groups is 1. The first-order valence-electron chi connectivity index (χ1n) is 10.7. The Bertz CT molecular complexity index is 626. The summed E-state index contributed by atoms with van der Waals surface area (Å²) in [6, 6.07) is 0.396. The molecular weight excluding hydrogens is 322 g/mol. The highest BCUT2D eigenvalue weighted by Crippen LogP contribution is 2.66. The predicted molar refractivity (Wildman–Crippen MR) is 105 cm³/mol. The normalized spacial score (nSPS) is 50.7. The lowest BCUT2D eigenvalue weighted by Crippen LogP contribution is -2.51. The van der Waals surface area contributed by atoms with E-state index in [-0.39, 0.29) is 22.9 Å². The second-order valence-electron chi connectivity index (χ2n) is 10.6. The highest BCUT2D eigenvalue weighted by molar-refractivity contribution is 5.80. The summed E-state index contributed by atoms with van der Waals surface area (Å²) in [6.07, 6.45) is 10.1. The van der Waals surface area contributed by atoms with E-state index < -0.39 is 0 Å². The summed E-state index contributed by atoms with van der Waals surface area (Å²) in [5, 5.41) is 10.2. The second kappa shape index (κ2) is 6.17. The third-order valence-corrected chi connectivity index (χ3v) is 9.21. The molecule has 4 rings (SSSR count). The van der Waals surface area contributed by atoms with Crippen LogP contribution in [-0.2, 0) is 4.79 Å². The van der Waals surface area contributed by atoms with E-state index in [4.69, 9.17) is 0 Å². The van der Waals surface area contributed by atoms with Gasteiger partial charge in [0.25, 0.3) is 0 Å². The number of ketones is 1. The molecule has 3 fully saturated rings. The lowest BCUT2D eigenvalue weighted by molar-refractivity contribution is -0.129. The van der Waals surface area contributed by atoms with E-state index in [0.717, 1.165) is 31.6 Å². The fourth-order valence-corrected chi connectivity index (χ4v) is 7.90. The van der Waals surface area contributed by atoms with Crippen molar-refractivity contribution in [1.82, 2.24) is 4.90 Å². The number of allylic oxidation sites excluding steroid dienone is 1. The Morgan fingerprint density at radius 1 is 1.19 bits per heavy atom. The number of rotatable bonds is 2. The summed E-state index contributed by atoms with van der Waals surface area (Å²) in [7, 11) is 4.31. The van der Waals surface area contributed by atoms with E-state index in [1.807, 2.05) is 6.92 Å². The summed E-state index contributed by atoms with van der Waals surface area (Å²) < 4.78 is 0. The maximum atomic E-state index is 12.6. The first-order chi connectivity index (χ1) is 12.2. The molecule has 0 unspecified atom stereocenters. The Morgan fingerprint density at radius 2 is 1.92 bits per heavy atom. The van der Waals surface area contributed by atoms with Crippen LogP contribution in [0.3, 0.4) is 0 Å². The van der Waals surface area contributed by atoms with Gasteiger partial charge in [-0.15, -0.1) is 0 Å². The van der Waals surface area contributed by atoms with Crippen molar-refractivity contribution < 1.29 is 9.90 Å². The van der Waals surface area contributed by atoms with E-state index in [1.54, 1.807) is 0 Å². The Morgan fingerprint density at radius 3 is 2.58 bits per heavy atom. The van der Waals surface area contributed by atoms with E-state index in [2.05, 4.69) is 38.9 Å². The molecule has 146 valence electrons. The van der Waals surface area contributed by atoms with Crippen LogP contribution < -0.4 is 0 Å². The molecule has 1 N–H and O–H groups in total. The van der Waals surface area contributed by atoms with Gasteiger partial charge >= 0.3 is 0 Å². The topological polar surface area (TPSA) is 40.5 Å². The minimum absolute atomic E-state index is 0.133. The summed E-state index contributed by atoms with van der Waals surface area (Å²) in [5.41, 5.74) is 1.98. The van der Waals surface area contributed by atoms with Crippen LogP contribution in [0.1, 0.15) is 65.7 Å². The number of hydrogen-bond acceptors (Lipinski definition) is 3. The molecule has 4 aliphatic rings. The molecule has 0 spiro atoms. The van der Waals surface area contributed by atoms with Crippen molar-refractivity contribution in [1.29, 1.82) is 0 Å². The highest BCUT2D eigenvalue weighted by atomic mass is 16.3. The van der Waals surface area contributed by atoms with Gasteiger partial charge < -0.3 is 10.0 Å². The van der Waals surface area contributed by atoms with Crippen molar-refractivity contribution >= 4 is 5.78 Å². The quantitative estimate of drug-likeness (QED) is 0.756. The molecule has 0 aliphatic heterocycles. The molecule has 0 radical (unpaired) electrons. The van der Waals surface area contributed by atoms with Crippen LogP contribution in [0.2, 0.25) is 0 Å². The molecular formula is C23H37NO2. The van der Waals surface area contributed by atoms with Crippen LogP contribution in [-0.4, -0.2) is 42.0 Å². The van der Waals surface area contributed by atoms with Crippen molar-refractivity contribution in [3.8, 4) is 0 Å². The van der Waals surface area contributed by atoms with Crippen molar-refractivity contribution in [2.24, 2.45) is 34.5 Å². The monoisotopic (exact) mass is 359 g/mol. The SMILES string of the molecule is CC(=O)[C@H]1[C@H](N(C)C)C[C@H]2[C@@H]3CC=C4C[C@@H](O)CC[C@]4(C)[C@H]3CC[C@@]21C. The van der Waals surface area contributed by atoms with Crippen LogP contribution in [0.25, 0.3) is 0 Å². The molecule has 8 atom stereocenters. The zero-order valence-electron chi connectivity index (χ0n) is 17.3. The number of fused-ring (bicyclic) bond motifs is 5. The maximum absolute atomic E-state index is 12.6. The molecule has 3 nitrogen and oxygen atoms in total. The van der Waals surface area contributed by atoms with Crippen LogP contribution in [0.5, 0.6) is 0 Å².